The molecule has 3 rings (SSSR count). The predicted molar refractivity (Wildman–Crippen MR) is 92.7 cm³/mol. The highest BCUT2D eigenvalue weighted by atomic mass is 16.5. The van der Waals surface area contributed by atoms with Gasteiger partial charge in [-0.25, -0.2) is 0 Å². The summed E-state index contributed by atoms with van der Waals surface area (Å²) in [6, 6.07) is 7.32. The van der Waals surface area contributed by atoms with Crippen LogP contribution in [0.5, 0.6) is 5.75 Å². The first-order valence-corrected chi connectivity index (χ1v) is 8.83. The molecule has 0 spiro atoms. The van der Waals surface area contributed by atoms with E-state index >= 15 is 0 Å². The molecule has 7 nitrogen and oxygen atoms in total. The number of benzene rings is 1. The lowest BCUT2D eigenvalue weighted by Gasteiger charge is -2.33. The van der Waals surface area contributed by atoms with Crippen LogP contribution in [0.4, 0.5) is 5.69 Å². The normalized spacial score (nSPS) is 21.2. The number of amides is 2. The Morgan fingerprint density at radius 2 is 2.16 bits per heavy atom. The van der Waals surface area contributed by atoms with Crippen molar-refractivity contribution in [1.29, 1.82) is 0 Å². The molecule has 2 saturated heterocycles. The standard InChI is InChI=1S/C18H25N3O4/c1-24-15-5-2-4-14(12-15)19-17(22)13-20-7-9-21(10-8-20)18(23)16-6-3-11-25-16/h2,4-5,12,16H,3,6-11,13H2,1H3,(H,19,22)/p+1/t16-/m0/s1. The number of carbonyl (C=O) groups excluding carboxylic acids is 2. The Kier molecular flexibility index (Phi) is 5.88. The van der Waals surface area contributed by atoms with Gasteiger partial charge in [-0.3, -0.25) is 9.59 Å². The molecular formula is C18H26N3O4+. The minimum Gasteiger partial charge on any atom is -0.497 e. The summed E-state index contributed by atoms with van der Waals surface area (Å²) in [5.41, 5.74) is 0.732. The number of quaternary nitrogens is 1. The minimum absolute atomic E-state index is 0.0258. The maximum absolute atomic E-state index is 12.3. The number of rotatable bonds is 5. The van der Waals surface area contributed by atoms with Crippen LogP contribution in [0.1, 0.15) is 12.8 Å². The highest BCUT2D eigenvalue weighted by Gasteiger charge is 2.31. The molecule has 1 aromatic carbocycles. The number of methoxy groups -OCH3 is 1. The fraction of sp³-hybridized carbons (Fsp3) is 0.556. The number of anilines is 1. The average Bonchev–Trinajstić information content (AvgIpc) is 3.16. The van der Waals surface area contributed by atoms with Crippen molar-refractivity contribution < 1.29 is 24.0 Å². The molecule has 0 aromatic heterocycles. The number of ether oxygens (including phenoxy) is 2. The Labute approximate surface area is 147 Å². The summed E-state index contributed by atoms with van der Waals surface area (Å²) in [4.78, 5) is 27.6. The van der Waals surface area contributed by atoms with Crippen molar-refractivity contribution in [3.05, 3.63) is 24.3 Å². The Balaban J connectivity index is 1.43. The maximum Gasteiger partial charge on any atom is 0.279 e. The summed E-state index contributed by atoms with van der Waals surface area (Å²) in [5.74, 6) is 0.797. The van der Waals surface area contributed by atoms with E-state index in [4.69, 9.17) is 9.47 Å². The maximum atomic E-state index is 12.3. The van der Waals surface area contributed by atoms with E-state index in [2.05, 4.69) is 5.32 Å². The lowest BCUT2D eigenvalue weighted by molar-refractivity contribution is -0.895. The third kappa shape index (κ3) is 4.70. The van der Waals surface area contributed by atoms with Gasteiger partial charge in [-0.15, -0.1) is 0 Å². The van der Waals surface area contributed by atoms with Crippen molar-refractivity contribution in [2.45, 2.75) is 18.9 Å². The van der Waals surface area contributed by atoms with Crippen LogP contribution >= 0.6 is 0 Å². The zero-order chi connectivity index (χ0) is 17.6. The fourth-order valence-electron chi connectivity index (χ4n) is 3.33. The second-order valence-corrected chi connectivity index (χ2v) is 6.53. The monoisotopic (exact) mass is 348 g/mol. The summed E-state index contributed by atoms with van der Waals surface area (Å²) >= 11 is 0. The SMILES string of the molecule is COc1cccc(NC(=O)C[NH+]2CCN(C(=O)[C@@H]3CCCO3)CC2)c1. The van der Waals surface area contributed by atoms with Crippen molar-refractivity contribution in [2.24, 2.45) is 0 Å². The van der Waals surface area contributed by atoms with Crippen LogP contribution in [-0.2, 0) is 14.3 Å². The van der Waals surface area contributed by atoms with Gasteiger partial charge < -0.3 is 24.6 Å². The summed E-state index contributed by atoms with van der Waals surface area (Å²) in [6.45, 7) is 4.01. The lowest BCUT2D eigenvalue weighted by atomic mass is 10.2. The topological polar surface area (TPSA) is 72.3 Å². The van der Waals surface area contributed by atoms with Crippen molar-refractivity contribution >= 4 is 17.5 Å². The van der Waals surface area contributed by atoms with Crippen LogP contribution < -0.4 is 15.0 Å². The molecule has 0 saturated carbocycles. The van der Waals surface area contributed by atoms with Gasteiger partial charge in [-0.2, -0.15) is 0 Å². The number of hydrogen-bond acceptors (Lipinski definition) is 4. The smallest absolute Gasteiger partial charge is 0.279 e. The number of carbonyl (C=O) groups is 2. The number of nitrogens with zero attached hydrogens (tertiary/aromatic N) is 1. The van der Waals surface area contributed by atoms with E-state index in [0.29, 0.717) is 32.0 Å². The zero-order valence-corrected chi connectivity index (χ0v) is 14.6. The number of piperazine rings is 1. The Hall–Kier alpha value is -2.12. The molecule has 2 amide bonds. The van der Waals surface area contributed by atoms with Crippen LogP contribution in [0.15, 0.2) is 24.3 Å². The molecule has 1 atom stereocenters. The van der Waals surface area contributed by atoms with Crippen LogP contribution in [-0.4, -0.2) is 69.3 Å². The van der Waals surface area contributed by atoms with E-state index in [1.54, 1.807) is 13.2 Å². The molecular weight excluding hydrogens is 322 g/mol. The molecule has 0 radical (unpaired) electrons. The predicted octanol–water partition coefficient (Wildman–Crippen LogP) is -0.460. The van der Waals surface area contributed by atoms with Gasteiger partial charge in [0.25, 0.3) is 11.8 Å². The molecule has 2 heterocycles. The highest BCUT2D eigenvalue weighted by Crippen LogP contribution is 2.16. The second-order valence-electron chi connectivity index (χ2n) is 6.53. The summed E-state index contributed by atoms with van der Waals surface area (Å²) < 4.78 is 10.6. The van der Waals surface area contributed by atoms with Gasteiger partial charge in [-0.1, -0.05) is 6.07 Å². The highest BCUT2D eigenvalue weighted by molar-refractivity contribution is 5.91. The third-order valence-corrected chi connectivity index (χ3v) is 4.75. The fourth-order valence-corrected chi connectivity index (χ4v) is 3.33. The van der Waals surface area contributed by atoms with E-state index in [1.807, 2.05) is 23.1 Å². The molecule has 0 unspecified atom stereocenters. The summed E-state index contributed by atoms with van der Waals surface area (Å²) in [7, 11) is 1.60. The van der Waals surface area contributed by atoms with Crippen LogP contribution in [0.3, 0.4) is 0 Å². The molecule has 0 bridgehead atoms. The second kappa shape index (κ2) is 8.31. The first kappa shape index (κ1) is 17.7. The van der Waals surface area contributed by atoms with E-state index in [-0.39, 0.29) is 17.9 Å². The van der Waals surface area contributed by atoms with E-state index in [0.717, 1.165) is 31.6 Å². The van der Waals surface area contributed by atoms with Crippen LogP contribution in [0.25, 0.3) is 0 Å². The molecule has 2 N–H and O–H groups in total. The van der Waals surface area contributed by atoms with Crippen molar-refractivity contribution in [3.8, 4) is 5.75 Å². The Morgan fingerprint density at radius 3 is 2.84 bits per heavy atom. The Morgan fingerprint density at radius 1 is 1.36 bits per heavy atom. The lowest BCUT2D eigenvalue weighted by Crippen LogP contribution is -3.15. The van der Waals surface area contributed by atoms with Gasteiger partial charge in [0.2, 0.25) is 0 Å². The van der Waals surface area contributed by atoms with E-state index in [9.17, 15) is 9.59 Å². The van der Waals surface area contributed by atoms with Gasteiger partial charge in [0, 0.05) is 18.4 Å². The van der Waals surface area contributed by atoms with Gasteiger partial charge >= 0.3 is 0 Å². The van der Waals surface area contributed by atoms with Crippen molar-refractivity contribution in [2.75, 3.05) is 51.8 Å². The quantitative estimate of drug-likeness (QED) is 0.755. The zero-order valence-electron chi connectivity index (χ0n) is 14.6. The van der Waals surface area contributed by atoms with Gasteiger partial charge in [-0.05, 0) is 25.0 Å². The largest absolute Gasteiger partial charge is 0.497 e. The molecule has 2 aliphatic heterocycles. The Bertz CT molecular complexity index is 608. The molecule has 25 heavy (non-hydrogen) atoms. The molecule has 0 aliphatic carbocycles. The molecule has 2 aliphatic rings. The summed E-state index contributed by atoms with van der Waals surface area (Å²) in [6.07, 6.45) is 1.54. The molecule has 1 aromatic rings. The van der Waals surface area contributed by atoms with Crippen LogP contribution in [0.2, 0.25) is 0 Å². The third-order valence-electron chi connectivity index (χ3n) is 4.75. The first-order valence-electron chi connectivity index (χ1n) is 8.83. The van der Waals surface area contributed by atoms with Gasteiger partial charge in [0.15, 0.2) is 6.54 Å². The van der Waals surface area contributed by atoms with E-state index < -0.39 is 0 Å². The number of hydrogen-bond donors (Lipinski definition) is 2. The molecule has 136 valence electrons. The summed E-state index contributed by atoms with van der Waals surface area (Å²) in [5, 5.41) is 2.90. The molecule has 2 fully saturated rings. The number of nitrogens with one attached hydrogen (secondary N) is 2. The van der Waals surface area contributed by atoms with Gasteiger partial charge in [0.05, 0.1) is 33.3 Å². The van der Waals surface area contributed by atoms with E-state index in [1.165, 1.54) is 4.90 Å². The van der Waals surface area contributed by atoms with Crippen molar-refractivity contribution in [1.82, 2.24) is 4.90 Å². The van der Waals surface area contributed by atoms with Gasteiger partial charge in [0.1, 0.15) is 11.9 Å². The van der Waals surface area contributed by atoms with Crippen molar-refractivity contribution in [3.63, 3.8) is 0 Å². The average molecular weight is 348 g/mol. The van der Waals surface area contributed by atoms with Crippen LogP contribution in [0, 0.1) is 0 Å². The first-order chi connectivity index (χ1) is 12.2. The molecule has 7 heteroatoms. The minimum atomic E-state index is -0.252.